The summed E-state index contributed by atoms with van der Waals surface area (Å²) >= 11 is 1.47. The first-order valence-electron chi connectivity index (χ1n) is 9.79. The van der Waals surface area contributed by atoms with Crippen molar-refractivity contribution in [2.24, 2.45) is 11.7 Å². The van der Waals surface area contributed by atoms with Crippen LogP contribution in [0.1, 0.15) is 58.6 Å². The number of amides is 2. The van der Waals surface area contributed by atoms with E-state index in [1.165, 1.54) is 16.9 Å². The van der Waals surface area contributed by atoms with E-state index in [4.69, 9.17) is 10.5 Å². The van der Waals surface area contributed by atoms with Crippen molar-refractivity contribution in [1.29, 1.82) is 0 Å². The third kappa shape index (κ3) is 4.22. The number of nitrogens with one attached hydrogen (secondary N) is 1. The van der Waals surface area contributed by atoms with Gasteiger partial charge in [-0.05, 0) is 74.3 Å². The summed E-state index contributed by atoms with van der Waals surface area (Å²) in [5, 5.41) is 3.47. The molecule has 0 saturated heterocycles. The van der Waals surface area contributed by atoms with E-state index in [-0.39, 0.29) is 5.91 Å². The summed E-state index contributed by atoms with van der Waals surface area (Å²) in [4.78, 5) is 26.1. The minimum absolute atomic E-state index is 0.255. The Morgan fingerprint density at radius 1 is 1.32 bits per heavy atom. The molecule has 1 aromatic carbocycles. The van der Waals surface area contributed by atoms with Gasteiger partial charge in [0.15, 0.2) is 6.10 Å². The Labute approximate surface area is 170 Å². The minimum Gasteiger partial charge on any atom is -0.481 e. The number of rotatable bonds is 6. The molecule has 28 heavy (non-hydrogen) atoms. The van der Waals surface area contributed by atoms with Crippen LogP contribution in [0.15, 0.2) is 18.2 Å². The Bertz CT molecular complexity index is 903. The lowest BCUT2D eigenvalue weighted by Crippen LogP contribution is -2.32. The molecule has 0 unspecified atom stereocenters. The molecule has 150 valence electrons. The maximum absolute atomic E-state index is 12.9. The lowest BCUT2D eigenvalue weighted by atomic mass is 9.88. The highest BCUT2D eigenvalue weighted by Crippen LogP contribution is 2.39. The highest BCUT2D eigenvalue weighted by Gasteiger charge is 2.29. The van der Waals surface area contributed by atoms with Gasteiger partial charge in [-0.1, -0.05) is 19.9 Å². The molecule has 1 aromatic heterocycles. The van der Waals surface area contributed by atoms with Gasteiger partial charge in [-0.25, -0.2) is 0 Å². The lowest BCUT2D eigenvalue weighted by molar-refractivity contribution is -0.122. The molecule has 1 heterocycles. The third-order valence-electron chi connectivity index (χ3n) is 5.41. The summed E-state index contributed by atoms with van der Waals surface area (Å²) in [6.07, 6.45) is 2.67. The van der Waals surface area contributed by atoms with E-state index in [2.05, 4.69) is 12.2 Å². The van der Waals surface area contributed by atoms with Crippen molar-refractivity contribution in [3.63, 3.8) is 0 Å². The number of hydrogen-bond acceptors (Lipinski definition) is 4. The van der Waals surface area contributed by atoms with E-state index >= 15 is 0 Å². The number of anilines is 1. The molecular weight excluding hydrogens is 372 g/mol. The zero-order valence-electron chi connectivity index (χ0n) is 16.9. The maximum Gasteiger partial charge on any atom is 0.266 e. The summed E-state index contributed by atoms with van der Waals surface area (Å²) < 4.78 is 5.93. The normalized spacial score (nSPS) is 16.9. The Morgan fingerprint density at radius 3 is 2.71 bits per heavy atom. The van der Waals surface area contributed by atoms with Gasteiger partial charge in [0.1, 0.15) is 10.8 Å². The number of fused-ring (bicyclic) bond motifs is 1. The van der Waals surface area contributed by atoms with Crippen LogP contribution in [0, 0.1) is 19.8 Å². The van der Waals surface area contributed by atoms with Crippen molar-refractivity contribution in [1.82, 2.24) is 0 Å². The van der Waals surface area contributed by atoms with Crippen LogP contribution in [-0.4, -0.2) is 17.9 Å². The largest absolute Gasteiger partial charge is 0.481 e. The SMILES string of the molecule is CC[C@@H](Oc1ccc(C)c(C)c1)C(=O)Nc1sc2c(c1C(N)=O)CC[C@H](C)C2. The van der Waals surface area contributed by atoms with Crippen molar-refractivity contribution >= 4 is 28.2 Å². The van der Waals surface area contributed by atoms with Gasteiger partial charge in [-0.15, -0.1) is 11.3 Å². The Hall–Kier alpha value is -2.34. The topological polar surface area (TPSA) is 81.4 Å². The number of carbonyl (C=O) groups excluding carboxylic acids is 2. The van der Waals surface area contributed by atoms with Gasteiger partial charge < -0.3 is 15.8 Å². The molecule has 2 aromatic rings. The zero-order chi connectivity index (χ0) is 20.4. The van der Waals surface area contributed by atoms with Crippen LogP contribution in [0.3, 0.4) is 0 Å². The predicted molar refractivity (Wildman–Crippen MR) is 113 cm³/mol. The fraction of sp³-hybridized carbons (Fsp3) is 0.455. The van der Waals surface area contributed by atoms with Crippen LogP contribution in [-0.2, 0) is 17.6 Å². The molecular formula is C22H28N2O3S. The van der Waals surface area contributed by atoms with E-state index in [0.29, 0.717) is 28.7 Å². The van der Waals surface area contributed by atoms with E-state index in [1.54, 1.807) is 0 Å². The number of benzene rings is 1. The molecule has 0 aliphatic heterocycles. The smallest absolute Gasteiger partial charge is 0.266 e. The van der Waals surface area contributed by atoms with Crippen LogP contribution >= 0.6 is 11.3 Å². The maximum atomic E-state index is 12.9. The van der Waals surface area contributed by atoms with Crippen LogP contribution in [0.25, 0.3) is 0 Å². The van der Waals surface area contributed by atoms with E-state index < -0.39 is 12.0 Å². The Morgan fingerprint density at radius 2 is 2.07 bits per heavy atom. The predicted octanol–water partition coefficient (Wildman–Crippen LogP) is 4.38. The van der Waals surface area contributed by atoms with Crippen LogP contribution < -0.4 is 15.8 Å². The molecule has 0 spiro atoms. The Kier molecular flexibility index (Phi) is 6.08. The number of ether oxygens (including phenoxy) is 1. The van der Waals surface area contributed by atoms with Crippen LogP contribution in [0.2, 0.25) is 0 Å². The van der Waals surface area contributed by atoms with Crippen molar-refractivity contribution in [2.75, 3.05) is 5.32 Å². The molecule has 1 aliphatic rings. The first-order chi connectivity index (χ1) is 13.3. The van der Waals surface area contributed by atoms with Gasteiger partial charge >= 0.3 is 0 Å². The molecule has 0 fully saturated rings. The van der Waals surface area contributed by atoms with E-state index in [1.807, 2.05) is 39.0 Å². The van der Waals surface area contributed by atoms with Crippen molar-refractivity contribution in [2.45, 2.75) is 59.5 Å². The molecule has 2 atom stereocenters. The second-order valence-electron chi connectivity index (χ2n) is 7.67. The fourth-order valence-corrected chi connectivity index (χ4v) is 4.98. The standard InChI is InChI=1S/C22H28N2O3S/c1-5-17(27-15-8-7-13(3)14(4)11-15)21(26)24-22-19(20(23)25)16-9-6-12(2)10-18(16)28-22/h7-8,11-12,17H,5-6,9-10H2,1-4H3,(H2,23,25)(H,24,26)/t12-,17+/m0/s1. The highest BCUT2D eigenvalue weighted by molar-refractivity contribution is 7.17. The lowest BCUT2D eigenvalue weighted by Gasteiger charge is -2.18. The number of aryl methyl sites for hydroxylation is 2. The van der Waals surface area contributed by atoms with E-state index in [0.717, 1.165) is 35.3 Å². The number of primary amides is 1. The summed E-state index contributed by atoms with van der Waals surface area (Å²) in [7, 11) is 0. The van der Waals surface area contributed by atoms with Gasteiger partial charge in [-0.2, -0.15) is 0 Å². The van der Waals surface area contributed by atoms with Crippen molar-refractivity contribution in [3.8, 4) is 5.75 Å². The van der Waals surface area contributed by atoms with Gasteiger partial charge in [0, 0.05) is 4.88 Å². The summed E-state index contributed by atoms with van der Waals surface area (Å²) in [6, 6.07) is 5.79. The van der Waals surface area contributed by atoms with Crippen molar-refractivity contribution < 1.29 is 14.3 Å². The second kappa shape index (κ2) is 8.35. The summed E-state index contributed by atoms with van der Waals surface area (Å²) in [5.74, 6) is 0.506. The summed E-state index contributed by atoms with van der Waals surface area (Å²) in [6.45, 7) is 8.16. The average molecular weight is 401 g/mol. The quantitative estimate of drug-likeness (QED) is 0.755. The van der Waals surface area contributed by atoms with Gasteiger partial charge in [0.2, 0.25) is 0 Å². The first kappa shape index (κ1) is 20.4. The fourth-order valence-electron chi connectivity index (χ4n) is 3.57. The number of carbonyl (C=O) groups is 2. The van der Waals surface area contributed by atoms with Crippen molar-refractivity contribution in [3.05, 3.63) is 45.3 Å². The van der Waals surface area contributed by atoms with Gasteiger partial charge in [-0.3, -0.25) is 9.59 Å². The molecule has 0 saturated carbocycles. The molecule has 6 heteroatoms. The minimum atomic E-state index is -0.638. The van der Waals surface area contributed by atoms with Crippen LogP contribution in [0.4, 0.5) is 5.00 Å². The molecule has 3 N–H and O–H groups in total. The zero-order valence-corrected chi connectivity index (χ0v) is 17.7. The van der Waals surface area contributed by atoms with Gasteiger partial charge in [0.25, 0.3) is 11.8 Å². The summed E-state index contributed by atoms with van der Waals surface area (Å²) in [5.41, 5.74) is 9.41. The highest BCUT2D eigenvalue weighted by atomic mass is 32.1. The molecule has 5 nitrogen and oxygen atoms in total. The van der Waals surface area contributed by atoms with Gasteiger partial charge in [0.05, 0.1) is 5.56 Å². The molecule has 1 aliphatic carbocycles. The Balaban J connectivity index is 1.80. The molecule has 0 bridgehead atoms. The average Bonchev–Trinajstić information content (AvgIpc) is 2.99. The first-order valence-corrected chi connectivity index (χ1v) is 10.6. The molecule has 3 rings (SSSR count). The number of nitrogens with two attached hydrogens (primary N) is 1. The van der Waals surface area contributed by atoms with E-state index in [9.17, 15) is 9.59 Å². The third-order valence-corrected chi connectivity index (χ3v) is 6.58. The monoisotopic (exact) mass is 400 g/mol. The number of hydrogen-bond donors (Lipinski definition) is 2. The molecule has 0 radical (unpaired) electrons. The molecule has 2 amide bonds. The second-order valence-corrected chi connectivity index (χ2v) is 8.78. The van der Waals surface area contributed by atoms with Crippen LogP contribution in [0.5, 0.6) is 5.75 Å². The number of thiophene rings is 1.